The molecule has 0 spiro atoms. The minimum absolute atomic E-state index is 0.228. The van der Waals surface area contributed by atoms with Crippen LogP contribution >= 0.6 is 0 Å². The number of anilines is 2. The molecular formula is C17H21N3O2S. The smallest absolute Gasteiger partial charge is 0.265 e. The summed E-state index contributed by atoms with van der Waals surface area (Å²) in [6.45, 7) is 4.19. The minimum atomic E-state index is -3.59. The Morgan fingerprint density at radius 1 is 1.09 bits per heavy atom. The molecular weight excluding hydrogens is 310 g/mol. The molecule has 0 N–H and O–H groups in total. The molecule has 1 fully saturated rings. The van der Waals surface area contributed by atoms with E-state index in [1.54, 1.807) is 24.3 Å². The van der Waals surface area contributed by atoms with Gasteiger partial charge >= 0.3 is 0 Å². The van der Waals surface area contributed by atoms with Gasteiger partial charge in [-0.25, -0.2) is 13.4 Å². The van der Waals surface area contributed by atoms with Crippen molar-refractivity contribution in [2.24, 2.45) is 0 Å². The van der Waals surface area contributed by atoms with Crippen molar-refractivity contribution in [2.45, 2.75) is 24.7 Å². The Bertz CT molecular complexity index is 739. The second kappa shape index (κ2) is 6.58. The summed E-state index contributed by atoms with van der Waals surface area (Å²) in [6, 6.07) is 12.6. The monoisotopic (exact) mass is 331 g/mol. The number of hydrogen-bond acceptors (Lipinski definition) is 4. The maximum absolute atomic E-state index is 12.9. The lowest BCUT2D eigenvalue weighted by atomic mass is 10.3. The zero-order chi connectivity index (χ0) is 16.3. The fourth-order valence-corrected chi connectivity index (χ4v) is 4.29. The number of sulfonamides is 1. The molecule has 0 amide bonds. The Hall–Kier alpha value is -2.08. The van der Waals surface area contributed by atoms with E-state index in [9.17, 15) is 8.42 Å². The molecule has 1 aromatic heterocycles. The Kier molecular flexibility index (Phi) is 4.52. The minimum Gasteiger partial charge on any atom is -0.357 e. The first-order chi connectivity index (χ1) is 11.1. The van der Waals surface area contributed by atoms with Crippen LogP contribution in [0.4, 0.5) is 11.5 Å². The second-order valence-corrected chi connectivity index (χ2v) is 7.41. The van der Waals surface area contributed by atoms with Crippen LogP contribution in [0, 0.1) is 0 Å². The molecule has 0 unspecified atom stereocenters. The first-order valence-corrected chi connectivity index (χ1v) is 9.35. The van der Waals surface area contributed by atoms with Gasteiger partial charge in [-0.1, -0.05) is 18.2 Å². The van der Waals surface area contributed by atoms with Crippen LogP contribution in [-0.2, 0) is 10.0 Å². The first-order valence-electron chi connectivity index (χ1n) is 7.91. The van der Waals surface area contributed by atoms with Gasteiger partial charge in [-0.2, -0.15) is 0 Å². The van der Waals surface area contributed by atoms with E-state index < -0.39 is 10.0 Å². The number of para-hydroxylation sites is 1. The highest BCUT2D eigenvalue weighted by Crippen LogP contribution is 2.24. The SMILES string of the molecule is CCN(c1ccccc1)S(=O)(=O)c1ccc(N2CCCC2)nc1. The molecule has 0 aliphatic carbocycles. The van der Waals surface area contributed by atoms with Crippen LogP contribution in [0.25, 0.3) is 0 Å². The number of hydrogen-bond donors (Lipinski definition) is 0. The third-order valence-electron chi connectivity index (χ3n) is 4.07. The van der Waals surface area contributed by atoms with Gasteiger partial charge in [0.2, 0.25) is 0 Å². The fraction of sp³-hybridized carbons (Fsp3) is 0.353. The van der Waals surface area contributed by atoms with Crippen molar-refractivity contribution in [1.29, 1.82) is 0 Å². The maximum atomic E-state index is 12.9. The predicted octanol–water partition coefficient (Wildman–Crippen LogP) is 2.90. The third kappa shape index (κ3) is 3.17. The zero-order valence-electron chi connectivity index (χ0n) is 13.2. The Morgan fingerprint density at radius 2 is 1.78 bits per heavy atom. The van der Waals surface area contributed by atoms with Crippen LogP contribution in [0.5, 0.6) is 0 Å². The van der Waals surface area contributed by atoms with Crippen molar-refractivity contribution in [2.75, 3.05) is 28.8 Å². The van der Waals surface area contributed by atoms with E-state index in [4.69, 9.17) is 0 Å². The molecule has 3 rings (SSSR count). The van der Waals surface area contributed by atoms with Crippen LogP contribution in [-0.4, -0.2) is 33.0 Å². The van der Waals surface area contributed by atoms with Crippen molar-refractivity contribution >= 4 is 21.5 Å². The fourth-order valence-electron chi connectivity index (χ4n) is 2.87. The number of pyridine rings is 1. The van der Waals surface area contributed by atoms with Gasteiger partial charge in [0.1, 0.15) is 10.7 Å². The lowest BCUT2D eigenvalue weighted by Gasteiger charge is -2.23. The van der Waals surface area contributed by atoms with Crippen LogP contribution in [0.2, 0.25) is 0 Å². The number of aromatic nitrogens is 1. The van der Waals surface area contributed by atoms with E-state index in [1.165, 1.54) is 23.3 Å². The molecule has 1 aromatic carbocycles. The topological polar surface area (TPSA) is 53.5 Å². The summed E-state index contributed by atoms with van der Waals surface area (Å²) in [5.74, 6) is 0.851. The molecule has 23 heavy (non-hydrogen) atoms. The zero-order valence-corrected chi connectivity index (χ0v) is 14.0. The van der Waals surface area contributed by atoms with Crippen LogP contribution < -0.4 is 9.21 Å². The number of rotatable bonds is 5. The van der Waals surface area contributed by atoms with Crippen molar-refractivity contribution in [3.05, 3.63) is 48.7 Å². The van der Waals surface area contributed by atoms with E-state index in [2.05, 4.69) is 9.88 Å². The lowest BCUT2D eigenvalue weighted by molar-refractivity contribution is 0.591. The van der Waals surface area contributed by atoms with Gasteiger partial charge in [0.05, 0.1) is 5.69 Å². The molecule has 1 aliphatic heterocycles. The average molecular weight is 331 g/mol. The van der Waals surface area contributed by atoms with Crippen molar-refractivity contribution in [1.82, 2.24) is 4.98 Å². The van der Waals surface area contributed by atoms with Crippen molar-refractivity contribution in [3.8, 4) is 0 Å². The molecule has 1 saturated heterocycles. The highest BCUT2D eigenvalue weighted by Gasteiger charge is 2.24. The first kappa shape index (κ1) is 15.8. The van der Waals surface area contributed by atoms with Crippen LogP contribution in [0.3, 0.4) is 0 Å². The van der Waals surface area contributed by atoms with Gasteiger partial charge in [0.15, 0.2) is 0 Å². The molecule has 0 bridgehead atoms. The summed E-state index contributed by atoms with van der Waals surface area (Å²) in [6.07, 6.45) is 3.80. The quantitative estimate of drug-likeness (QED) is 0.845. The summed E-state index contributed by atoms with van der Waals surface area (Å²) < 4.78 is 27.1. The summed E-state index contributed by atoms with van der Waals surface area (Å²) in [5.41, 5.74) is 0.665. The summed E-state index contributed by atoms with van der Waals surface area (Å²) in [5, 5.41) is 0. The summed E-state index contributed by atoms with van der Waals surface area (Å²) >= 11 is 0. The molecule has 122 valence electrons. The van der Waals surface area contributed by atoms with Crippen molar-refractivity contribution < 1.29 is 8.42 Å². The Labute approximate surface area is 137 Å². The largest absolute Gasteiger partial charge is 0.357 e. The molecule has 0 atom stereocenters. The molecule has 1 aliphatic rings. The standard InChI is InChI=1S/C17H21N3O2S/c1-2-20(15-8-4-3-5-9-15)23(21,22)16-10-11-17(18-14-16)19-12-6-7-13-19/h3-5,8-11,14H,2,6-7,12-13H2,1H3. The molecule has 2 aromatic rings. The van der Waals surface area contributed by atoms with Gasteiger partial charge in [-0.05, 0) is 44.0 Å². The average Bonchev–Trinajstić information content (AvgIpc) is 3.11. The Morgan fingerprint density at radius 3 is 2.35 bits per heavy atom. The van der Waals surface area contributed by atoms with Gasteiger partial charge in [0.25, 0.3) is 10.0 Å². The van der Waals surface area contributed by atoms with Crippen LogP contribution in [0.1, 0.15) is 19.8 Å². The third-order valence-corrected chi connectivity index (χ3v) is 5.96. The van der Waals surface area contributed by atoms with E-state index in [1.807, 2.05) is 25.1 Å². The maximum Gasteiger partial charge on any atom is 0.265 e. The molecule has 5 nitrogen and oxygen atoms in total. The van der Waals surface area contributed by atoms with Crippen molar-refractivity contribution in [3.63, 3.8) is 0 Å². The van der Waals surface area contributed by atoms with E-state index >= 15 is 0 Å². The summed E-state index contributed by atoms with van der Waals surface area (Å²) in [7, 11) is -3.59. The normalized spacial score (nSPS) is 14.9. The highest BCUT2D eigenvalue weighted by molar-refractivity contribution is 7.92. The van der Waals surface area contributed by atoms with E-state index in [0.29, 0.717) is 12.2 Å². The summed E-state index contributed by atoms with van der Waals surface area (Å²) in [4.78, 5) is 6.77. The van der Waals surface area contributed by atoms with Crippen LogP contribution in [0.15, 0.2) is 53.6 Å². The lowest BCUT2D eigenvalue weighted by Crippen LogP contribution is -2.31. The Balaban J connectivity index is 1.89. The molecule has 0 saturated carbocycles. The molecule has 2 heterocycles. The van der Waals surface area contributed by atoms with Gasteiger partial charge in [-0.3, -0.25) is 4.31 Å². The molecule has 6 heteroatoms. The van der Waals surface area contributed by atoms with E-state index in [0.717, 1.165) is 18.9 Å². The molecule has 0 radical (unpaired) electrons. The van der Waals surface area contributed by atoms with Gasteiger partial charge in [-0.15, -0.1) is 0 Å². The number of benzene rings is 1. The number of nitrogens with zero attached hydrogens (tertiary/aromatic N) is 3. The van der Waals surface area contributed by atoms with Gasteiger partial charge < -0.3 is 4.90 Å². The second-order valence-electron chi connectivity index (χ2n) is 5.55. The predicted molar refractivity (Wildman–Crippen MR) is 92.3 cm³/mol. The highest BCUT2D eigenvalue weighted by atomic mass is 32.2. The van der Waals surface area contributed by atoms with E-state index in [-0.39, 0.29) is 4.90 Å². The van der Waals surface area contributed by atoms with Gasteiger partial charge in [0, 0.05) is 25.8 Å².